The number of benzene rings is 1. The predicted molar refractivity (Wildman–Crippen MR) is 148 cm³/mol. The van der Waals surface area contributed by atoms with Crippen LogP contribution in [0.5, 0.6) is 0 Å². The highest BCUT2D eigenvalue weighted by Gasteiger charge is 2.42. The second-order valence-corrected chi connectivity index (χ2v) is 12.4. The number of ether oxygens (including phenoxy) is 2. The first-order valence-corrected chi connectivity index (χ1v) is 14.4. The van der Waals surface area contributed by atoms with Gasteiger partial charge in [-0.2, -0.15) is 0 Å². The fourth-order valence-electron chi connectivity index (χ4n) is 6.90. The quantitative estimate of drug-likeness (QED) is 0.522. The molecule has 2 aromatic rings. The maximum Gasteiger partial charge on any atom is 0.409 e. The fraction of sp³-hybridized carbons (Fsp3) is 0.633. The van der Waals surface area contributed by atoms with E-state index in [9.17, 15) is 14.0 Å². The average molecular weight is 556 g/mol. The molecule has 5 rings (SSSR count). The monoisotopic (exact) mass is 555 g/mol. The highest BCUT2D eigenvalue weighted by molar-refractivity contribution is 5.68. The van der Waals surface area contributed by atoms with E-state index in [4.69, 9.17) is 14.5 Å². The summed E-state index contributed by atoms with van der Waals surface area (Å²) in [5, 5.41) is 2.99. The van der Waals surface area contributed by atoms with Crippen LogP contribution in [0.3, 0.4) is 0 Å². The largest absolute Gasteiger partial charge is 0.453 e. The van der Waals surface area contributed by atoms with E-state index in [0.717, 1.165) is 55.7 Å². The van der Waals surface area contributed by atoms with Gasteiger partial charge in [-0.3, -0.25) is 4.90 Å². The molecule has 0 radical (unpaired) electrons. The minimum atomic E-state index is -0.611. The van der Waals surface area contributed by atoms with Gasteiger partial charge in [0.2, 0.25) is 0 Å². The van der Waals surface area contributed by atoms with Crippen LogP contribution in [0, 0.1) is 12.7 Å². The van der Waals surface area contributed by atoms with Crippen LogP contribution in [-0.4, -0.2) is 69.4 Å². The molecule has 0 saturated carbocycles. The van der Waals surface area contributed by atoms with Crippen molar-refractivity contribution in [2.24, 2.45) is 0 Å². The molecule has 2 amide bonds. The van der Waals surface area contributed by atoms with Crippen molar-refractivity contribution in [3.63, 3.8) is 0 Å². The van der Waals surface area contributed by atoms with Crippen molar-refractivity contribution in [3.05, 3.63) is 52.9 Å². The van der Waals surface area contributed by atoms with Gasteiger partial charge >= 0.3 is 12.2 Å². The number of alkyl carbamates (subject to hydrolysis) is 1. The number of aryl methyl sites for hydroxylation is 1. The van der Waals surface area contributed by atoms with Crippen LogP contribution in [0.15, 0.2) is 24.3 Å². The fourth-order valence-corrected chi connectivity index (χ4v) is 6.90. The van der Waals surface area contributed by atoms with Crippen molar-refractivity contribution in [1.82, 2.24) is 24.7 Å². The highest BCUT2D eigenvalue weighted by atomic mass is 19.1. The lowest BCUT2D eigenvalue weighted by atomic mass is 9.95. The molecule has 1 unspecified atom stereocenters. The van der Waals surface area contributed by atoms with Gasteiger partial charge in [0, 0.05) is 43.3 Å². The second kappa shape index (κ2) is 11.4. The molecule has 1 aromatic heterocycles. The average Bonchev–Trinajstić information content (AvgIpc) is 3.34. The number of piperidine rings is 1. The van der Waals surface area contributed by atoms with Crippen LogP contribution in [0.1, 0.15) is 87.7 Å². The normalized spacial score (nSPS) is 23.4. The molecule has 2 saturated heterocycles. The standard InChI is InChI=1S/C30H42FN5O4/c1-19-32-26-18-34(29(38)39-5)13-12-27(26)36(19)24-16-22-9-10-23(17-24)35(22)14-11-25(20-7-6-8-21(31)15-20)33-28(37)40-30(2,3)4/h6-8,15,22-25H,9-14,16-18H2,1-5H3,(H,33,37)/t22-,23+,24?,25-/m0/s1. The SMILES string of the molecule is COC(=O)N1CCc2c(nc(C)n2C2C[C@H]3CC[C@@H](C2)N3CC[C@H](NC(=O)OC(C)(C)C)c2cccc(F)c2)C1. The van der Waals surface area contributed by atoms with Gasteiger partial charge < -0.3 is 24.3 Å². The summed E-state index contributed by atoms with van der Waals surface area (Å²) in [5.41, 5.74) is 2.37. The molecule has 10 heteroatoms. The van der Waals surface area contributed by atoms with E-state index in [0.29, 0.717) is 37.6 Å². The molecular weight excluding hydrogens is 513 g/mol. The van der Waals surface area contributed by atoms with Crippen LogP contribution in [0.4, 0.5) is 14.0 Å². The first kappa shape index (κ1) is 28.4. The number of hydrogen-bond donors (Lipinski definition) is 1. The van der Waals surface area contributed by atoms with Gasteiger partial charge in [-0.25, -0.2) is 19.0 Å². The van der Waals surface area contributed by atoms with E-state index in [1.165, 1.54) is 24.9 Å². The van der Waals surface area contributed by atoms with E-state index in [1.807, 2.05) is 26.8 Å². The second-order valence-electron chi connectivity index (χ2n) is 12.4. The van der Waals surface area contributed by atoms with Gasteiger partial charge in [0.15, 0.2) is 0 Å². The molecule has 1 N–H and O–H groups in total. The topological polar surface area (TPSA) is 88.9 Å². The Hall–Kier alpha value is -3.14. The lowest BCUT2D eigenvalue weighted by molar-refractivity contribution is 0.0488. The molecule has 9 nitrogen and oxygen atoms in total. The summed E-state index contributed by atoms with van der Waals surface area (Å²) in [6.45, 7) is 9.52. The Morgan fingerprint density at radius 3 is 2.55 bits per heavy atom. The van der Waals surface area contributed by atoms with E-state index >= 15 is 0 Å². The van der Waals surface area contributed by atoms with Crippen molar-refractivity contribution >= 4 is 12.2 Å². The summed E-state index contributed by atoms with van der Waals surface area (Å²) in [7, 11) is 1.42. The third kappa shape index (κ3) is 6.11. The third-order valence-corrected chi connectivity index (χ3v) is 8.50. The summed E-state index contributed by atoms with van der Waals surface area (Å²) >= 11 is 0. The molecule has 0 aliphatic carbocycles. The van der Waals surface area contributed by atoms with Crippen LogP contribution in [-0.2, 0) is 22.4 Å². The molecule has 218 valence electrons. The number of hydrogen-bond acceptors (Lipinski definition) is 6. The zero-order chi connectivity index (χ0) is 28.6. The number of carbonyl (C=O) groups excluding carboxylic acids is 2. The predicted octanol–water partition coefficient (Wildman–Crippen LogP) is 5.28. The van der Waals surface area contributed by atoms with Crippen molar-refractivity contribution in [2.75, 3.05) is 20.2 Å². The molecular formula is C30H42FN5O4. The Balaban J connectivity index is 1.26. The third-order valence-electron chi connectivity index (χ3n) is 8.50. The smallest absolute Gasteiger partial charge is 0.409 e. The molecule has 3 aliphatic heterocycles. The Morgan fingerprint density at radius 1 is 1.18 bits per heavy atom. The van der Waals surface area contributed by atoms with Crippen LogP contribution in [0.2, 0.25) is 0 Å². The molecule has 40 heavy (non-hydrogen) atoms. The summed E-state index contributed by atoms with van der Waals surface area (Å²) in [6, 6.07) is 7.40. The van der Waals surface area contributed by atoms with Crippen molar-refractivity contribution in [1.29, 1.82) is 0 Å². The van der Waals surface area contributed by atoms with Crippen molar-refractivity contribution in [2.45, 2.75) is 103 Å². The van der Waals surface area contributed by atoms with E-state index in [2.05, 4.69) is 21.7 Å². The maximum absolute atomic E-state index is 14.1. The molecule has 2 fully saturated rings. The van der Waals surface area contributed by atoms with Crippen LogP contribution < -0.4 is 5.32 Å². The summed E-state index contributed by atoms with van der Waals surface area (Å²) in [4.78, 5) is 33.9. The molecule has 4 heterocycles. The van der Waals surface area contributed by atoms with Crippen molar-refractivity contribution < 1.29 is 23.5 Å². The minimum absolute atomic E-state index is 0.304. The van der Waals surface area contributed by atoms with Gasteiger partial charge in [-0.15, -0.1) is 0 Å². The lowest BCUT2D eigenvalue weighted by Crippen LogP contribution is -2.45. The summed E-state index contributed by atoms with van der Waals surface area (Å²) in [6.07, 6.45) is 5.05. The number of aromatic nitrogens is 2. The zero-order valence-electron chi connectivity index (χ0n) is 24.3. The molecule has 3 aliphatic rings. The first-order valence-electron chi connectivity index (χ1n) is 14.4. The van der Waals surface area contributed by atoms with E-state index in [1.54, 1.807) is 11.0 Å². The number of methoxy groups -OCH3 is 1. The number of nitrogens with one attached hydrogen (secondary N) is 1. The van der Waals surface area contributed by atoms with Gasteiger partial charge in [0.25, 0.3) is 0 Å². The van der Waals surface area contributed by atoms with Crippen LogP contribution >= 0.6 is 0 Å². The van der Waals surface area contributed by atoms with Gasteiger partial charge in [-0.1, -0.05) is 12.1 Å². The zero-order valence-corrected chi connectivity index (χ0v) is 24.3. The van der Waals surface area contributed by atoms with Crippen molar-refractivity contribution in [3.8, 4) is 0 Å². The minimum Gasteiger partial charge on any atom is -0.453 e. The maximum atomic E-state index is 14.1. The molecule has 0 spiro atoms. The summed E-state index contributed by atoms with van der Waals surface area (Å²) < 4.78 is 27.0. The van der Waals surface area contributed by atoms with E-state index in [-0.39, 0.29) is 18.0 Å². The number of nitrogens with zero attached hydrogens (tertiary/aromatic N) is 4. The van der Waals surface area contributed by atoms with Crippen LogP contribution in [0.25, 0.3) is 0 Å². The number of rotatable bonds is 6. The number of halogens is 1. The summed E-state index contributed by atoms with van der Waals surface area (Å²) in [5.74, 6) is 0.699. The van der Waals surface area contributed by atoms with Gasteiger partial charge in [0.05, 0.1) is 25.4 Å². The molecule has 2 bridgehead atoms. The Kier molecular flexibility index (Phi) is 8.08. The first-order chi connectivity index (χ1) is 19.0. The number of amides is 2. The highest BCUT2D eigenvalue weighted by Crippen LogP contribution is 2.43. The Morgan fingerprint density at radius 2 is 1.90 bits per heavy atom. The Bertz CT molecular complexity index is 1230. The number of imidazole rings is 1. The molecule has 1 aromatic carbocycles. The van der Waals surface area contributed by atoms with E-state index < -0.39 is 11.7 Å². The molecule has 4 atom stereocenters. The number of carbonyl (C=O) groups is 2. The lowest BCUT2D eigenvalue weighted by Gasteiger charge is -2.41. The number of fused-ring (bicyclic) bond motifs is 3. The Labute approximate surface area is 236 Å². The van der Waals surface area contributed by atoms with Gasteiger partial charge in [0.1, 0.15) is 17.2 Å². The van der Waals surface area contributed by atoms with Gasteiger partial charge in [-0.05, 0) is 77.5 Å².